The van der Waals surface area contributed by atoms with Crippen LogP contribution in [0.2, 0.25) is 0 Å². The summed E-state index contributed by atoms with van der Waals surface area (Å²) in [7, 11) is 1.63. The summed E-state index contributed by atoms with van der Waals surface area (Å²) in [5.74, 6) is -0.510. The van der Waals surface area contributed by atoms with Crippen LogP contribution in [0.4, 0.5) is 0 Å². The molecule has 2 rings (SSSR count). The largest absolute Gasteiger partial charge is 0.497 e. The van der Waals surface area contributed by atoms with Crippen molar-refractivity contribution in [2.45, 2.75) is 12.8 Å². The molecule has 0 radical (unpaired) electrons. The number of carbonyl (C=O) groups is 1. The van der Waals surface area contributed by atoms with Crippen molar-refractivity contribution in [3.63, 3.8) is 0 Å². The van der Waals surface area contributed by atoms with E-state index in [4.69, 9.17) is 9.84 Å². The molecular weight excluding hydrogens is 240 g/mol. The van der Waals surface area contributed by atoms with Gasteiger partial charge in [0.05, 0.1) is 13.0 Å². The van der Waals surface area contributed by atoms with Crippen molar-refractivity contribution >= 4 is 5.97 Å². The highest BCUT2D eigenvalue weighted by molar-refractivity contribution is 5.76. The van der Waals surface area contributed by atoms with Gasteiger partial charge < -0.3 is 9.84 Å². The Bertz CT molecular complexity index is 573. The molecule has 2 aromatic carbocycles. The maximum Gasteiger partial charge on any atom is 0.310 e. The molecule has 19 heavy (non-hydrogen) atoms. The number of aliphatic carboxylic acids is 1. The monoisotopic (exact) mass is 256 g/mol. The van der Waals surface area contributed by atoms with Crippen molar-refractivity contribution in [2.75, 3.05) is 7.11 Å². The quantitative estimate of drug-likeness (QED) is 0.910. The number of methoxy groups -OCH3 is 1. The Morgan fingerprint density at radius 2 is 1.79 bits per heavy atom. The van der Waals surface area contributed by atoms with E-state index in [2.05, 4.69) is 0 Å². The van der Waals surface area contributed by atoms with Gasteiger partial charge in [-0.15, -0.1) is 0 Å². The molecular formula is C16H16O3. The van der Waals surface area contributed by atoms with Gasteiger partial charge in [-0.1, -0.05) is 36.4 Å². The molecule has 1 atom stereocenters. The molecule has 0 saturated carbocycles. The molecule has 1 N–H and O–H groups in total. The van der Waals surface area contributed by atoms with Crippen LogP contribution in [-0.2, 0) is 4.79 Å². The first kappa shape index (κ1) is 13.1. The lowest BCUT2D eigenvalue weighted by Crippen LogP contribution is -2.07. The number of carboxylic acids is 1. The van der Waals surface area contributed by atoms with E-state index in [1.807, 2.05) is 48.5 Å². The van der Waals surface area contributed by atoms with Gasteiger partial charge in [0.15, 0.2) is 0 Å². The Morgan fingerprint density at radius 3 is 2.37 bits per heavy atom. The molecule has 98 valence electrons. The van der Waals surface area contributed by atoms with E-state index in [0.29, 0.717) is 0 Å². The Labute approximate surface area is 112 Å². The first-order valence-electron chi connectivity index (χ1n) is 6.09. The van der Waals surface area contributed by atoms with Gasteiger partial charge in [-0.05, 0) is 35.7 Å². The van der Waals surface area contributed by atoms with Gasteiger partial charge in [0.1, 0.15) is 5.75 Å². The number of ether oxygens (including phenoxy) is 1. The molecule has 0 saturated heterocycles. The van der Waals surface area contributed by atoms with Gasteiger partial charge in [0.2, 0.25) is 0 Å². The van der Waals surface area contributed by atoms with E-state index < -0.39 is 11.9 Å². The van der Waals surface area contributed by atoms with Crippen molar-refractivity contribution in [3.05, 3.63) is 54.1 Å². The molecule has 0 spiro atoms. The number of hydrogen-bond donors (Lipinski definition) is 1. The van der Waals surface area contributed by atoms with Crippen LogP contribution in [0.3, 0.4) is 0 Å². The van der Waals surface area contributed by atoms with Gasteiger partial charge in [-0.2, -0.15) is 0 Å². The second kappa shape index (κ2) is 5.57. The highest BCUT2D eigenvalue weighted by atomic mass is 16.5. The summed E-state index contributed by atoms with van der Waals surface area (Å²) in [6.07, 6.45) is 0. The van der Waals surface area contributed by atoms with Gasteiger partial charge in [0.25, 0.3) is 0 Å². The van der Waals surface area contributed by atoms with E-state index in [1.54, 1.807) is 14.0 Å². The first-order chi connectivity index (χ1) is 9.11. The van der Waals surface area contributed by atoms with Crippen LogP contribution in [0, 0.1) is 0 Å². The van der Waals surface area contributed by atoms with E-state index in [1.165, 1.54) is 0 Å². The van der Waals surface area contributed by atoms with Crippen LogP contribution >= 0.6 is 0 Å². The third-order valence-corrected chi connectivity index (χ3v) is 3.18. The zero-order valence-electron chi connectivity index (χ0n) is 11.0. The van der Waals surface area contributed by atoms with E-state index in [9.17, 15) is 4.79 Å². The number of carboxylic acid groups (broad SMARTS) is 1. The summed E-state index contributed by atoms with van der Waals surface area (Å²) in [6.45, 7) is 1.69. The molecule has 0 heterocycles. The Balaban J connectivity index is 2.34. The first-order valence-corrected chi connectivity index (χ1v) is 6.09. The minimum atomic E-state index is -0.813. The molecule has 0 aliphatic heterocycles. The zero-order chi connectivity index (χ0) is 13.8. The Kier molecular flexibility index (Phi) is 3.85. The molecule has 3 heteroatoms. The van der Waals surface area contributed by atoms with Crippen LogP contribution in [0.5, 0.6) is 5.75 Å². The number of hydrogen-bond acceptors (Lipinski definition) is 2. The lowest BCUT2D eigenvalue weighted by Gasteiger charge is -2.09. The summed E-state index contributed by atoms with van der Waals surface area (Å²) >= 11 is 0. The molecule has 0 aliphatic rings. The van der Waals surface area contributed by atoms with Gasteiger partial charge in [0, 0.05) is 0 Å². The molecule has 3 nitrogen and oxygen atoms in total. The smallest absolute Gasteiger partial charge is 0.310 e. The van der Waals surface area contributed by atoms with E-state index in [-0.39, 0.29) is 0 Å². The summed E-state index contributed by atoms with van der Waals surface area (Å²) in [6, 6.07) is 15.3. The van der Waals surface area contributed by atoms with Crippen LogP contribution in [0.15, 0.2) is 48.5 Å². The van der Waals surface area contributed by atoms with Gasteiger partial charge in [-0.25, -0.2) is 0 Å². The third kappa shape index (κ3) is 2.94. The third-order valence-electron chi connectivity index (χ3n) is 3.18. The zero-order valence-corrected chi connectivity index (χ0v) is 11.0. The predicted molar refractivity (Wildman–Crippen MR) is 74.5 cm³/mol. The van der Waals surface area contributed by atoms with Crippen LogP contribution in [0.1, 0.15) is 18.4 Å². The molecule has 2 aromatic rings. The summed E-state index contributed by atoms with van der Waals surface area (Å²) in [5.41, 5.74) is 2.86. The fourth-order valence-electron chi connectivity index (χ4n) is 1.91. The summed E-state index contributed by atoms with van der Waals surface area (Å²) < 4.78 is 5.12. The topological polar surface area (TPSA) is 46.5 Å². The van der Waals surface area contributed by atoms with Gasteiger partial charge >= 0.3 is 5.97 Å². The predicted octanol–water partition coefficient (Wildman–Crippen LogP) is 3.55. The molecule has 0 aromatic heterocycles. The standard InChI is InChI=1S/C16H16O3/c1-11(16(17)18)13-4-3-5-14(10-13)12-6-8-15(19-2)9-7-12/h3-11H,1-2H3,(H,17,18)/t11-/m0/s1. The lowest BCUT2D eigenvalue weighted by atomic mass is 9.96. The van der Waals surface area contributed by atoms with Crippen molar-refractivity contribution in [1.82, 2.24) is 0 Å². The normalized spacial score (nSPS) is 11.9. The maximum atomic E-state index is 11.0. The van der Waals surface area contributed by atoms with Crippen molar-refractivity contribution in [1.29, 1.82) is 0 Å². The molecule has 0 aliphatic carbocycles. The Hall–Kier alpha value is -2.29. The fourth-order valence-corrected chi connectivity index (χ4v) is 1.91. The van der Waals surface area contributed by atoms with E-state index >= 15 is 0 Å². The highest BCUT2D eigenvalue weighted by Gasteiger charge is 2.13. The van der Waals surface area contributed by atoms with Crippen LogP contribution in [0.25, 0.3) is 11.1 Å². The van der Waals surface area contributed by atoms with Crippen LogP contribution < -0.4 is 4.74 Å². The molecule has 0 fully saturated rings. The SMILES string of the molecule is COc1ccc(-c2cccc([C@H](C)C(=O)O)c2)cc1. The average molecular weight is 256 g/mol. The van der Waals surface area contributed by atoms with Crippen molar-refractivity contribution in [3.8, 4) is 16.9 Å². The maximum absolute atomic E-state index is 11.0. The van der Waals surface area contributed by atoms with E-state index in [0.717, 1.165) is 22.4 Å². The summed E-state index contributed by atoms with van der Waals surface area (Å²) in [4.78, 5) is 11.0. The molecule has 0 bridgehead atoms. The second-order valence-corrected chi connectivity index (χ2v) is 4.41. The number of rotatable bonds is 4. The Morgan fingerprint density at radius 1 is 1.11 bits per heavy atom. The van der Waals surface area contributed by atoms with Gasteiger partial charge in [-0.3, -0.25) is 4.79 Å². The molecule has 0 unspecified atom stereocenters. The highest BCUT2D eigenvalue weighted by Crippen LogP contribution is 2.25. The van der Waals surface area contributed by atoms with Crippen molar-refractivity contribution in [2.24, 2.45) is 0 Å². The molecule has 0 amide bonds. The minimum Gasteiger partial charge on any atom is -0.497 e. The number of benzene rings is 2. The minimum absolute atomic E-state index is 0.502. The fraction of sp³-hybridized carbons (Fsp3) is 0.188. The summed E-state index contributed by atoms with van der Waals surface area (Å²) in [5, 5.41) is 9.05. The second-order valence-electron chi connectivity index (χ2n) is 4.41. The van der Waals surface area contributed by atoms with Crippen molar-refractivity contribution < 1.29 is 14.6 Å². The van der Waals surface area contributed by atoms with Crippen LogP contribution in [-0.4, -0.2) is 18.2 Å². The average Bonchev–Trinajstić information content (AvgIpc) is 2.46. The lowest BCUT2D eigenvalue weighted by molar-refractivity contribution is -0.138.